The van der Waals surface area contributed by atoms with Gasteiger partial charge in [-0.1, -0.05) is 18.2 Å². The zero-order valence-corrected chi connectivity index (χ0v) is 20.2. The summed E-state index contributed by atoms with van der Waals surface area (Å²) in [5, 5.41) is 2.95. The molecule has 0 unspecified atom stereocenters. The normalized spacial score (nSPS) is 11.5. The average Bonchev–Trinajstić information content (AvgIpc) is 2.77. The highest BCUT2D eigenvalue weighted by molar-refractivity contribution is 7.91. The van der Waals surface area contributed by atoms with Crippen LogP contribution in [0.3, 0.4) is 0 Å². The Kier molecular flexibility index (Phi) is 6.10. The van der Waals surface area contributed by atoms with E-state index in [0.717, 1.165) is 16.7 Å². The lowest BCUT2D eigenvalue weighted by Gasteiger charge is -2.14. The monoisotopic (exact) mass is 475 g/mol. The molecule has 4 aromatic rings. The van der Waals surface area contributed by atoms with Crippen LogP contribution in [0.5, 0.6) is 0 Å². The zero-order valence-electron chi connectivity index (χ0n) is 19.4. The standard InChI is InChI=1S/C26H25N3O4S/c1-16-6-5-7-20(12-16)28-24(30)15-29-14-23(25(31)22-11-9-19(4)27-26(22)29)34(32,33)21-10-8-17(2)18(3)13-21/h5-14H,15H2,1-4H3,(H,28,30). The average molecular weight is 476 g/mol. The van der Waals surface area contributed by atoms with E-state index in [1.807, 2.05) is 39.0 Å². The van der Waals surface area contributed by atoms with Gasteiger partial charge in [-0.05, 0) is 80.8 Å². The SMILES string of the molecule is Cc1cccc(NC(=O)Cn2cc(S(=O)(=O)c3ccc(C)c(C)c3)c(=O)c3ccc(C)nc32)c1. The Morgan fingerprint density at radius 1 is 0.971 bits per heavy atom. The molecule has 0 radical (unpaired) electrons. The molecule has 0 fully saturated rings. The lowest BCUT2D eigenvalue weighted by Crippen LogP contribution is -2.24. The number of pyridine rings is 2. The van der Waals surface area contributed by atoms with Crippen molar-refractivity contribution in [1.82, 2.24) is 9.55 Å². The van der Waals surface area contributed by atoms with E-state index in [2.05, 4.69) is 10.3 Å². The minimum atomic E-state index is -4.13. The van der Waals surface area contributed by atoms with Gasteiger partial charge in [0.05, 0.1) is 10.3 Å². The molecule has 0 saturated heterocycles. The van der Waals surface area contributed by atoms with Crippen molar-refractivity contribution in [3.05, 3.63) is 93.4 Å². The molecule has 1 N–H and O–H groups in total. The third-order valence-corrected chi connectivity index (χ3v) is 7.47. The second-order valence-electron chi connectivity index (χ2n) is 8.44. The molecule has 1 amide bonds. The summed E-state index contributed by atoms with van der Waals surface area (Å²) in [6.07, 6.45) is 1.22. The number of benzene rings is 2. The number of nitrogens with zero attached hydrogens (tertiary/aromatic N) is 2. The van der Waals surface area contributed by atoms with Crippen molar-refractivity contribution in [3.63, 3.8) is 0 Å². The van der Waals surface area contributed by atoms with Gasteiger partial charge in [0.1, 0.15) is 17.1 Å². The summed E-state index contributed by atoms with van der Waals surface area (Å²) in [5.41, 5.74) is 3.62. The number of amides is 1. The van der Waals surface area contributed by atoms with Crippen molar-refractivity contribution in [2.24, 2.45) is 0 Å². The summed E-state index contributed by atoms with van der Waals surface area (Å²) in [7, 11) is -4.13. The molecule has 7 nitrogen and oxygen atoms in total. The fourth-order valence-corrected chi connectivity index (χ4v) is 5.18. The molecule has 0 bridgehead atoms. The molecule has 4 rings (SSSR count). The number of aromatic nitrogens is 2. The summed E-state index contributed by atoms with van der Waals surface area (Å²) in [6, 6.07) is 15.3. The molecule has 0 spiro atoms. The predicted octanol–water partition coefficient (Wildman–Crippen LogP) is 4.10. The van der Waals surface area contributed by atoms with Crippen molar-refractivity contribution in [1.29, 1.82) is 0 Å². The van der Waals surface area contributed by atoms with Gasteiger partial charge in [0.15, 0.2) is 0 Å². The summed E-state index contributed by atoms with van der Waals surface area (Å²) in [5.74, 6) is -0.367. The van der Waals surface area contributed by atoms with Crippen molar-refractivity contribution < 1.29 is 13.2 Å². The van der Waals surface area contributed by atoms with Gasteiger partial charge in [-0.25, -0.2) is 13.4 Å². The van der Waals surface area contributed by atoms with Gasteiger partial charge in [0, 0.05) is 17.6 Å². The number of hydrogen-bond acceptors (Lipinski definition) is 5. The first-order valence-electron chi connectivity index (χ1n) is 10.8. The first kappa shape index (κ1) is 23.4. The summed E-state index contributed by atoms with van der Waals surface area (Å²) in [6.45, 7) is 7.17. The smallest absolute Gasteiger partial charge is 0.244 e. The van der Waals surface area contributed by atoms with Crippen LogP contribution in [0.25, 0.3) is 11.0 Å². The maximum absolute atomic E-state index is 13.5. The number of carbonyl (C=O) groups excluding carboxylic acids is 1. The van der Waals surface area contributed by atoms with E-state index < -0.39 is 20.2 Å². The van der Waals surface area contributed by atoms with Crippen LogP contribution in [0.15, 0.2) is 75.4 Å². The fourth-order valence-electron chi connectivity index (χ4n) is 3.73. The number of rotatable bonds is 5. The first-order valence-corrected chi connectivity index (χ1v) is 12.2. The minimum absolute atomic E-state index is 0.0304. The first-order chi connectivity index (χ1) is 16.1. The predicted molar refractivity (Wildman–Crippen MR) is 132 cm³/mol. The maximum atomic E-state index is 13.5. The van der Waals surface area contributed by atoms with E-state index in [1.54, 1.807) is 37.3 Å². The quantitative estimate of drug-likeness (QED) is 0.469. The topological polar surface area (TPSA) is 98.1 Å². The van der Waals surface area contributed by atoms with Gasteiger partial charge < -0.3 is 9.88 Å². The molecule has 8 heteroatoms. The largest absolute Gasteiger partial charge is 0.325 e. The summed E-state index contributed by atoms with van der Waals surface area (Å²) >= 11 is 0. The third kappa shape index (κ3) is 4.49. The molecule has 34 heavy (non-hydrogen) atoms. The molecule has 2 heterocycles. The Morgan fingerprint density at radius 3 is 2.44 bits per heavy atom. The van der Waals surface area contributed by atoms with Crippen molar-refractivity contribution in [2.75, 3.05) is 5.32 Å². The van der Waals surface area contributed by atoms with Crippen molar-refractivity contribution in [3.8, 4) is 0 Å². The molecule has 2 aromatic carbocycles. The molecule has 0 aliphatic heterocycles. The second kappa shape index (κ2) is 8.87. The van der Waals surface area contributed by atoms with E-state index in [4.69, 9.17) is 0 Å². The number of fused-ring (bicyclic) bond motifs is 1. The van der Waals surface area contributed by atoms with Crippen LogP contribution in [0.4, 0.5) is 5.69 Å². The molecule has 0 saturated carbocycles. The molecular weight excluding hydrogens is 450 g/mol. The zero-order chi connectivity index (χ0) is 24.6. The van der Waals surface area contributed by atoms with Gasteiger partial charge in [-0.15, -0.1) is 0 Å². The Labute approximate surface area is 198 Å². The number of hydrogen-bond donors (Lipinski definition) is 1. The fraction of sp³-hybridized carbons (Fsp3) is 0.192. The molecule has 0 aliphatic rings. The van der Waals surface area contributed by atoms with E-state index in [-0.39, 0.29) is 28.4 Å². The van der Waals surface area contributed by atoms with Crippen molar-refractivity contribution >= 4 is 32.5 Å². The third-order valence-electron chi connectivity index (χ3n) is 5.72. The van der Waals surface area contributed by atoms with Crippen LogP contribution >= 0.6 is 0 Å². The van der Waals surface area contributed by atoms with Crippen LogP contribution in [-0.2, 0) is 21.2 Å². The van der Waals surface area contributed by atoms with Crippen LogP contribution < -0.4 is 10.7 Å². The number of sulfone groups is 1. The number of nitrogens with one attached hydrogen (secondary N) is 1. The summed E-state index contributed by atoms with van der Waals surface area (Å²) < 4.78 is 28.3. The minimum Gasteiger partial charge on any atom is -0.325 e. The van der Waals surface area contributed by atoms with E-state index in [0.29, 0.717) is 11.4 Å². The highest BCUT2D eigenvalue weighted by atomic mass is 32.2. The molecule has 0 atom stereocenters. The van der Waals surface area contributed by atoms with Gasteiger partial charge >= 0.3 is 0 Å². The Bertz CT molecular complexity index is 1600. The Hall–Kier alpha value is -3.78. The summed E-state index contributed by atoms with van der Waals surface area (Å²) in [4.78, 5) is 30.1. The van der Waals surface area contributed by atoms with E-state index >= 15 is 0 Å². The molecular formula is C26H25N3O4S. The van der Waals surface area contributed by atoms with Gasteiger partial charge in [-0.3, -0.25) is 9.59 Å². The Balaban J connectivity index is 1.84. The van der Waals surface area contributed by atoms with Crippen LogP contribution in [0.1, 0.15) is 22.4 Å². The van der Waals surface area contributed by atoms with Crippen LogP contribution in [-0.4, -0.2) is 23.9 Å². The lowest BCUT2D eigenvalue weighted by atomic mass is 10.1. The van der Waals surface area contributed by atoms with Gasteiger partial charge in [0.2, 0.25) is 21.2 Å². The number of aryl methyl sites for hydroxylation is 4. The molecule has 0 aliphatic carbocycles. The number of anilines is 1. The molecule has 174 valence electrons. The lowest BCUT2D eigenvalue weighted by molar-refractivity contribution is -0.116. The molecule has 2 aromatic heterocycles. The highest BCUT2D eigenvalue weighted by Gasteiger charge is 2.25. The Morgan fingerprint density at radius 2 is 1.74 bits per heavy atom. The number of carbonyl (C=O) groups is 1. The van der Waals surface area contributed by atoms with Gasteiger partial charge in [-0.2, -0.15) is 0 Å². The van der Waals surface area contributed by atoms with Crippen molar-refractivity contribution in [2.45, 2.75) is 44.0 Å². The highest BCUT2D eigenvalue weighted by Crippen LogP contribution is 2.23. The van der Waals surface area contributed by atoms with Crippen LogP contribution in [0.2, 0.25) is 0 Å². The second-order valence-corrected chi connectivity index (χ2v) is 10.4. The van der Waals surface area contributed by atoms with E-state index in [1.165, 1.54) is 16.8 Å². The van der Waals surface area contributed by atoms with Gasteiger partial charge in [0.25, 0.3) is 0 Å². The van der Waals surface area contributed by atoms with E-state index in [9.17, 15) is 18.0 Å². The van der Waals surface area contributed by atoms with Crippen LogP contribution in [0, 0.1) is 27.7 Å². The maximum Gasteiger partial charge on any atom is 0.244 e.